The van der Waals surface area contributed by atoms with E-state index in [0.29, 0.717) is 12.5 Å². The van der Waals surface area contributed by atoms with Gasteiger partial charge in [0.25, 0.3) is 0 Å². The highest BCUT2D eigenvalue weighted by Crippen LogP contribution is 2.27. The van der Waals surface area contributed by atoms with Gasteiger partial charge in [0, 0.05) is 28.9 Å². The molecule has 1 fully saturated rings. The van der Waals surface area contributed by atoms with Crippen LogP contribution in [-0.2, 0) is 15.6 Å². The Kier molecular flexibility index (Phi) is 5.17. The van der Waals surface area contributed by atoms with Crippen molar-refractivity contribution < 1.29 is 9.00 Å². The van der Waals surface area contributed by atoms with Crippen molar-refractivity contribution in [2.75, 3.05) is 12.8 Å². The highest BCUT2D eigenvalue weighted by atomic mass is 32.2. The van der Waals surface area contributed by atoms with E-state index in [4.69, 9.17) is 0 Å². The molecule has 116 valence electrons. The maximum absolute atomic E-state index is 12.7. The van der Waals surface area contributed by atoms with Crippen molar-refractivity contribution in [1.82, 2.24) is 10.2 Å². The summed E-state index contributed by atoms with van der Waals surface area (Å²) in [5.41, 5.74) is 0.987. The Bertz CT molecular complexity index is 518. The van der Waals surface area contributed by atoms with Crippen LogP contribution in [0.2, 0.25) is 0 Å². The standard InChI is InChI=1S/C16H24N2O2S/c1-11(2)15-17-14(13-8-6-5-7-9-13)16(19)18(15)10-12(3)21(4)20/h5-9,11-12,14-15,17H,10H2,1-4H3. The molecule has 1 heterocycles. The number of nitrogens with zero attached hydrogens (tertiary/aromatic N) is 1. The van der Waals surface area contributed by atoms with E-state index < -0.39 is 10.8 Å². The van der Waals surface area contributed by atoms with E-state index in [2.05, 4.69) is 19.2 Å². The van der Waals surface area contributed by atoms with Gasteiger partial charge >= 0.3 is 0 Å². The van der Waals surface area contributed by atoms with Gasteiger partial charge in [0.1, 0.15) is 6.04 Å². The minimum atomic E-state index is -0.927. The fourth-order valence-electron chi connectivity index (χ4n) is 2.66. The summed E-state index contributed by atoms with van der Waals surface area (Å²) in [5.74, 6) is 0.386. The summed E-state index contributed by atoms with van der Waals surface area (Å²) >= 11 is 0. The van der Waals surface area contributed by atoms with Crippen molar-refractivity contribution in [3.63, 3.8) is 0 Å². The Morgan fingerprint density at radius 1 is 1.24 bits per heavy atom. The number of nitrogens with one attached hydrogen (secondary N) is 1. The van der Waals surface area contributed by atoms with E-state index in [1.807, 2.05) is 42.2 Å². The van der Waals surface area contributed by atoms with E-state index in [9.17, 15) is 9.00 Å². The number of benzene rings is 1. The summed E-state index contributed by atoms with van der Waals surface area (Å²) in [6, 6.07) is 9.48. The molecule has 2 rings (SSSR count). The fourth-order valence-corrected chi connectivity index (χ4v) is 3.03. The third-order valence-corrected chi connectivity index (χ3v) is 5.27. The van der Waals surface area contributed by atoms with Crippen molar-refractivity contribution in [2.45, 2.75) is 38.2 Å². The average Bonchev–Trinajstić information content (AvgIpc) is 2.77. The lowest BCUT2D eigenvalue weighted by Crippen LogP contribution is -2.45. The molecule has 0 saturated carbocycles. The second kappa shape index (κ2) is 6.71. The third kappa shape index (κ3) is 3.52. The van der Waals surface area contributed by atoms with Crippen LogP contribution in [0, 0.1) is 5.92 Å². The molecule has 4 nitrogen and oxygen atoms in total. The molecule has 0 aliphatic carbocycles. The Morgan fingerprint density at radius 2 is 1.86 bits per heavy atom. The van der Waals surface area contributed by atoms with Crippen LogP contribution in [0.4, 0.5) is 0 Å². The monoisotopic (exact) mass is 308 g/mol. The van der Waals surface area contributed by atoms with Gasteiger partial charge in [0.15, 0.2) is 0 Å². The van der Waals surface area contributed by atoms with Gasteiger partial charge < -0.3 is 4.90 Å². The molecule has 4 unspecified atom stereocenters. The van der Waals surface area contributed by atoms with Gasteiger partial charge in [-0.15, -0.1) is 0 Å². The molecule has 1 N–H and O–H groups in total. The van der Waals surface area contributed by atoms with Crippen LogP contribution in [0.1, 0.15) is 32.4 Å². The van der Waals surface area contributed by atoms with Gasteiger partial charge in [0.2, 0.25) is 5.91 Å². The molecular weight excluding hydrogens is 284 g/mol. The minimum Gasteiger partial charge on any atom is -0.324 e. The van der Waals surface area contributed by atoms with Gasteiger partial charge in [-0.25, -0.2) is 0 Å². The predicted octanol–water partition coefficient (Wildman–Crippen LogP) is 1.91. The summed E-state index contributed by atoms with van der Waals surface area (Å²) in [6.45, 7) is 6.65. The summed E-state index contributed by atoms with van der Waals surface area (Å²) in [6.07, 6.45) is 1.69. The highest BCUT2D eigenvalue weighted by Gasteiger charge is 2.41. The zero-order chi connectivity index (χ0) is 15.6. The number of hydrogen-bond acceptors (Lipinski definition) is 3. The first kappa shape index (κ1) is 16.2. The van der Waals surface area contributed by atoms with Gasteiger partial charge in [-0.2, -0.15) is 0 Å². The zero-order valence-corrected chi connectivity index (χ0v) is 13.9. The first-order valence-corrected chi connectivity index (χ1v) is 8.97. The van der Waals surface area contributed by atoms with Crippen LogP contribution in [0.25, 0.3) is 0 Å². The van der Waals surface area contributed by atoms with Crippen LogP contribution in [0.3, 0.4) is 0 Å². The molecule has 1 aromatic rings. The van der Waals surface area contributed by atoms with Gasteiger partial charge in [-0.3, -0.25) is 14.3 Å². The molecule has 0 bridgehead atoms. The Labute approximate surface area is 129 Å². The van der Waals surface area contributed by atoms with E-state index in [0.717, 1.165) is 5.56 Å². The molecule has 0 spiro atoms. The third-order valence-electron chi connectivity index (χ3n) is 3.99. The smallest absolute Gasteiger partial charge is 0.245 e. The van der Waals surface area contributed by atoms with Gasteiger partial charge in [-0.1, -0.05) is 44.2 Å². The normalized spacial score (nSPS) is 25.4. The molecule has 4 atom stereocenters. The number of amides is 1. The van der Waals surface area contributed by atoms with Crippen LogP contribution in [-0.4, -0.2) is 39.2 Å². The molecule has 1 amide bonds. The van der Waals surface area contributed by atoms with E-state index >= 15 is 0 Å². The first-order valence-electron chi connectivity index (χ1n) is 7.35. The van der Waals surface area contributed by atoms with Crippen LogP contribution in [0.15, 0.2) is 30.3 Å². The molecule has 1 aliphatic heterocycles. The van der Waals surface area contributed by atoms with Crippen molar-refractivity contribution in [2.24, 2.45) is 5.92 Å². The number of carbonyl (C=O) groups excluding carboxylic acids is 1. The van der Waals surface area contributed by atoms with E-state index in [1.165, 1.54) is 0 Å². The Morgan fingerprint density at radius 3 is 2.38 bits per heavy atom. The summed E-state index contributed by atoms with van der Waals surface area (Å²) in [5, 5.41) is 3.41. The summed E-state index contributed by atoms with van der Waals surface area (Å²) in [4.78, 5) is 14.6. The molecule has 0 radical (unpaired) electrons. The van der Waals surface area contributed by atoms with Crippen LogP contribution >= 0.6 is 0 Å². The Hall–Kier alpha value is -1.20. The minimum absolute atomic E-state index is 0.00583. The average molecular weight is 308 g/mol. The predicted molar refractivity (Wildman–Crippen MR) is 86.2 cm³/mol. The molecule has 21 heavy (non-hydrogen) atoms. The topological polar surface area (TPSA) is 49.4 Å². The van der Waals surface area contributed by atoms with Gasteiger partial charge in [0.05, 0.1) is 6.17 Å². The lowest BCUT2D eigenvalue weighted by Gasteiger charge is -2.28. The largest absolute Gasteiger partial charge is 0.324 e. The molecule has 5 heteroatoms. The quantitative estimate of drug-likeness (QED) is 0.904. The van der Waals surface area contributed by atoms with Crippen LogP contribution in [0.5, 0.6) is 0 Å². The molecule has 1 saturated heterocycles. The van der Waals surface area contributed by atoms with Crippen molar-refractivity contribution in [3.8, 4) is 0 Å². The lowest BCUT2D eigenvalue weighted by atomic mass is 10.1. The second-order valence-electron chi connectivity index (χ2n) is 6.00. The molecule has 1 aromatic carbocycles. The van der Waals surface area contributed by atoms with Crippen molar-refractivity contribution in [1.29, 1.82) is 0 Å². The highest BCUT2D eigenvalue weighted by molar-refractivity contribution is 7.84. The number of carbonyl (C=O) groups is 1. The second-order valence-corrected chi connectivity index (χ2v) is 7.80. The maximum atomic E-state index is 12.7. The zero-order valence-electron chi connectivity index (χ0n) is 13.1. The fraction of sp³-hybridized carbons (Fsp3) is 0.562. The summed E-state index contributed by atoms with van der Waals surface area (Å²) in [7, 11) is -0.927. The lowest BCUT2D eigenvalue weighted by molar-refractivity contribution is -0.130. The molecule has 1 aliphatic rings. The molecular formula is C16H24N2O2S. The van der Waals surface area contributed by atoms with Gasteiger partial charge in [-0.05, 0) is 18.4 Å². The van der Waals surface area contributed by atoms with E-state index in [1.54, 1.807) is 6.26 Å². The van der Waals surface area contributed by atoms with E-state index in [-0.39, 0.29) is 23.4 Å². The van der Waals surface area contributed by atoms with Crippen LogP contribution < -0.4 is 5.32 Å². The SMILES string of the molecule is CC(C)C1NC(c2ccccc2)C(=O)N1CC(C)S(C)=O. The van der Waals surface area contributed by atoms with Crippen molar-refractivity contribution in [3.05, 3.63) is 35.9 Å². The number of hydrogen-bond donors (Lipinski definition) is 1. The maximum Gasteiger partial charge on any atom is 0.245 e. The van der Waals surface area contributed by atoms with Crippen molar-refractivity contribution >= 4 is 16.7 Å². The number of rotatable bonds is 5. The molecule has 0 aromatic heterocycles. The Balaban J connectivity index is 2.22. The summed E-state index contributed by atoms with van der Waals surface area (Å²) < 4.78 is 11.6. The first-order chi connectivity index (χ1) is 9.91.